The maximum Gasteiger partial charge on any atom is 0.416 e. The fraction of sp³-hybridized carbons (Fsp3) is 0.130. The van der Waals surface area contributed by atoms with E-state index in [1.165, 1.54) is 27.5 Å². The van der Waals surface area contributed by atoms with E-state index in [1.54, 1.807) is 24.3 Å². The quantitative estimate of drug-likeness (QED) is 0.323. The predicted molar refractivity (Wildman–Crippen MR) is 107 cm³/mol. The van der Waals surface area contributed by atoms with Crippen LogP contribution in [0.1, 0.15) is 27.0 Å². The van der Waals surface area contributed by atoms with Crippen molar-refractivity contribution < 1.29 is 31.1 Å². The molecule has 1 aliphatic rings. The van der Waals surface area contributed by atoms with Gasteiger partial charge in [0.25, 0.3) is 5.91 Å². The zero-order chi connectivity index (χ0) is 23.7. The number of carbonyl (C=O) groups excluding carboxylic acids is 1. The summed E-state index contributed by atoms with van der Waals surface area (Å²) in [6, 6.07) is 10.6. The monoisotopic (exact) mass is 462 g/mol. The molecule has 4 nitrogen and oxygen atoms in total. The van der Waals surface area contributed by atoms with Crippen molar-refractivity contribution >= 4 is 16.8 Å². The van der Waals surface area contributed by atoms with Gasteiger partial charge in [0.05, 0.1) is 28.0 Å². The fourth-order valence-electron chi connectivity index (χ4n) is 4.19. The van der Waals surface area contributed by atoms with Gasteiger partial charge in [-0.1, -0.05) is 12.1 Å². The molecule has 0 aliphatic carbocycles. The van der Waals surface area contributed by atoms with E-state index in [2.05, 4.69) is 0 Å². The Labute approximate surface area is 181 Å². The molecular formula is C23H12F6N2O2. The molecule has 0 N–H and O–H groups in total. The van der Waals surface area contributed by atoms with E-state index in [1.807, 2.05) is 0 Å². The third-order valence-electron chi connectivity index (χ3n) is 5.59. The number of alkyl halides is 6. The van der Waals surface area contributed by atoms with Crippen LogP contribution in [0.2, 0.25) is 0 Å². The number of halogens is 6. The topological polar surface area (TPSA) is 44.0 Å². The highest BCUT2D eigenvalue weighted by atomic mass is 19.4. The van der Waals surface area contributed by atoms with Gasteiger partial charge < -0.3 is 4.57 Å². The van der Waals surface area contributed by atoms with Gasteiger partial charge in [0.15, 0.2) is 0 Å². The van der Waals surface area contributed by atoms with E-state index in [0.717, 1.165) is 0 Å². The van der Waals surface area contributed by atoms with Crippen molar-refractivity contribution in [3.05, 3.63) is 93.3 Å². The molecule has 0 amide bonds. The van der Waals surface area contributed by atoms with Gasteiger partial charge >= 0.3 is 12.4 Å². The van der Waals surface area contributed by atoms with Crippen molar-refractivity contribution in [2.24, 2.45) is 0 Å². The molecule has 0 radical (unpaired) electrons. The van der Waals surface area contributed by atoms with E-state index >= 15 is 0 Å². The molecule has 0 unspecified atom stereocenters. The molecule has 10 heteroatoms. The standard InChI is InChI=1S/C23H12F6N2O2/c24-22(25,26)13-8-12(9-14(10-13)23(27,28)29)11-31-16-5-2-1-4-15(16)20(32)18-19(31)17-6-3-7-30(17)21(18)33/h1-10H,11H2. The van der Waals surface area contributed by atoms with Crippen LogP contribution in [0.25, 0.3) is 22.3 Å². The molecule has 2 aromatic carbocycles. The highest BCUT2D eigenvalue weighted by Crippen LogP contribution is 2.38. The number of pyridine rings is 1. The maximum absolute atomic E-state index is 13.3. The number of hydrogen-bond acceptors (Lipinski definition) is 2. The minimum atomic E-state index is -4.99. The zero-order valence-corrected chi connectivity index (χ0v) is 16.5. The molecule has 0 saturated heterocycles. The van der Waals surface area contributed by atoms with E-state index < -0.39 is 41.4 Å². The van der Waals surface area contributed by atoms with Crippen LogP contribution in [-0.4, -0.2) is 15.0 Å². The number of carbonyl (C=O) groups is 1. The van der Waals surface area contributed by atoms with Gasteiger partial charge in [-0.05, 0) is 48.0 Å². The van der Waals surface area contributed by atoms with Gasteiger partial charge in [-0.3, -0.25) is 14.2 Å². The highest BCUT2D eigenvalue weighted by Gasteiger charge is 2.37. The summed E-state index contributed by atoms with van der Waals surface area (Å²) in [5.74, 6) is -0.602. The van der Waals surface area contributed by atoms with E-state index in [4.69, 9.17) is 0 Å². The largest absolute Gasteiger partial charge is 0.416 e. The Hall–Kier alpha value is -3.82. The van der Waals surface area contributed by atoms with Gasteiger partial charge in [-0.25, -0.2) is 0 Å². The van der Waals surface area contributed by atoms with Crippen molar-refractivity contribution in [2.75, 3.05) is 0 Å². The molecule has 5 rings (SSSR count). The summed E-state index contributed by atoms with van der Waals surface area (Å²) in [6.07, 6.45) is -8.54. The second-order valence-corrected chi connectivity index (χ2v) is 7.64. The normalized spacial score (nSPS) is 13.5. The first kappa shape index (κ1) is 21.0. The lowest BCUT2D eigenvalue weighted by Crippen LogP contribution is -2.20. The Bertz CT molecular complexity index is 1480. The number of para-hydroxylation sites is 1. The minimum Gasteiger partial charge on any atom is -0.334 e. The number of rotatable bonds is 2. The molecule has 33 heavy (non-hydrogen) atoms. The Morgan fingerprint density at radius 3 is 2.06 bits per heavy atom. The number of nitrogens with zero attached hydrogens (tertiary/aromatic N) is 2. The highest BCUT2D eigenvalue weighted by molar-refractivity contribution is 6.10. The van der Waals surface area contributed by atoms with E-state index in [9.17, 15) is 35.9 Å². The molecule has 4 aromatic rings. The first-order valence-electron chi connectivity index (χ1n) is 9.63. The summed E-state index contributed by atoms with van der Waals surface area (Å²) in [7, 11) is 0. The molecule has 0 fully saturated rings. The third-order valence-corrected chi connectivity index (χ3v) is 5.59. The van der Waals surface area contributed by atoms with Gasteiger partial charge in [0.2, 0.25) is 5.43 Å². The van der Waals surface area contributed by atoms with Crippen LogP contribution in [0.4, 0.5) is 26.3 Å². The SMILES string of the molecule is O=C1c2c(n(Cc3cc(C(F)(F)F)cc(C(F)(F)F)c3)c3ccccc3c2=O)-c2cccn21. The summed E-state index contributed by atoms with van der Waals surface area (Å²) >= 11 is 0. The maximum atomic E-state index is 13.3. The van der Waals surface area contributed by atoms with Crippen LogP contribution in [0.5, 0.6) is 0 Å². The first-order valence-corrected chi connectivity index (χ1v) is 9.63. The van der Waals surface area contributed by atoms with Crippen molar-refractivity contribution in [1.82, 2.24) is 9.13 Å². The zero-order valence-electron chi connectivity index (χ0n) is 16.5. The van der Waals surface area contributed by atoms with Gasteiger partial charge in [0, 0.05) is 18.1 Å². The molecular weight excluding hydrogens is 450 g/mol. The third kappa shape index (κ3) is 3.24. The second kappa shape index (κ2) is 6.84. The Morgan fingerprint density at radius 2 is 1.42 bits per heavy atom. The van der Waals surface area contributed by atoms with E-state index in [-0.39, 0.29) is 33.8 Å². The lowest BCUT2D eigenvalue weighted by atomic mass is 10.0. The molecule has 2 aromatic heterocycles. The molecule has 3 heterocycles. The Morgan fingerprint density at radius 1 is 0.788 bits per heavy atom. The van der Waals surface area contributed by atoms with Gasteiger partial charge in [-0.2, -0.15) is 26.3 Å². The Kier molecular flexibility index (Phi) is 4.36. The molecule has 0 spiro atoms. The van der Waals surface area contributed by atoms with Gasteiger partial charge in [0.1, 0.15) is 5.56 Å². The molecule has 0 bridgehead atoms. The first-order chi connectivity index (χ1) is 15.5. The summed E-state index contributed by atoms with van der Waals surface area (Å²) in [5, 5.41) is 0.137. The van der Waals surface area contributed by atoms with Crippen LogP contribution >= 0.6 is 0 Å². The summed E-state index contributed by atoms with van der Waals surface area (Å²) in [5.41, 5.74) is -3.10. The van der Waals surface area contributed by atoms with E-state index in [0.29, 0.717) is 17.8 Å². The van der Waals surface area contributed by atoms with Crippen LogP contribution in [0.15, 0.2) is 65.6 Å². The summed E-state index contributed by atoms with van der Waals surface area (Å²) in [4.78, 5) is 25.9. The molecule has 0 saturated carbocycles. The van der Waals surface area contributed by atoms with Crippen molar-refractivity contribution in [2.45, 2.75) is 18.9 Å². The fourth-order valence-corrected chi connectivity index (χ4v) is 4.19. The number of fused-ring (bicyclic) bond motifs is 4. The van der Waals surface area contributed by atoms with Crippen LogP contribution in [0, 0.1) is 0 Å². The van der Waals surface area contributed by atoms with Crippen molar-refractivity contribution in [1.29, 1.82) is 0 Å². The number of hydrogen-bond donors (Lipinski definition) is 0. The van der Waals surface area contributed by atoms with Crippen LogP contribution in [-0.2, 0) is 18.9 Å². The lowest BCUT2D eigenvalue weighted by molar-refractivity contribution is -0.143. The molecule has 1 aliphatic heterocycles. The summed E-state index contributed by atoms with van der Waals surface area (Å²) < 4.78 is 82.7. The minimum absolute atomic E-state index is 0.0616. The predicted octanol–water partition coefficient (Wildman–Crippen LogP) is 5.56. The molecule has 0 atom stereocenters. The summed E-state index contributed by atoms with van der Waals surface area (Å²) in [6.45, 7) is -0.422. The van der Waals surface area contributed by atoms with Crippen LogP contribution < -0.4 is 5.43 Å². The smallest absolute Gasteiger partial charge is 0.334 e. The average molecular weight is 462 g/mol. The van der Waals surface area contributed by atoms with Crippen molar-refractivity contribution in [3.63, 3.8) is 0 Å². The number of benzene rings is 2. The second-order valence-electron chi connectivity index (χ2n) is 7.64. The van der Waals surface area contributed by atoms with Crippen LogP contribution in [0.3, 0.4) is 0 Å². The Balaban J connectivity index is 1.81. The molecule has 168 valence electrons. The van der Waals surface area contributed by atoms with Crippen molar-refractivity contribution in [3.8, 4) is 11.4 Å². The lowest BCUT2D eigenvalue weighted by Gasteiger charge is -2.19. The average Bonchev–Trinajstić information content (AvgIpc) is 3.32. The van der Waals surface area contributed by atoms with Gasteiger partial charge in [-0.15, -0.1) is 0 Å². The number of aromatic nitrogens is 2.